The van der Waals surface area contributed by atoms with Crippen LogP contribution in [0, 0.1) is 0 Å². The van der Waals surface area contributed by atoms with E-state index in [-0.39, 0.29) is 11.9 Å². The van der Waals surface area contributed by atoms with E-state index >= 15 is 0 Å². The van der Waals surface area contributed by atoms with Crippen molar-refractivity contribution in [3.05, 3.63) is 22.8 Å². The van der Waals surface area contributed by atoms with Crippen LogP contribution in [0.5, 0.6) is 0 Å². The molecule has 1 fully saturated rings. The Labute approximate surface area is 90.2 Å². The Morgan fingerprint density at radius 2 is 2.50 bits per heavy atom. The number of anilines is 1. The van der Waals surface area contributed by atoms with E-state index < -0.39 is 0 Å². The summed E-state index contributed by atoms with van der Waals surface area (Å²) in [5.74, 6) is 0.569. The number of carbonyl (C=O) groups excluding carboxylic acids is 1. The number of hydrogen-bond donors (Lipinski definition) is 2. The number of pyridine rings is 1. The molecule has 1 aromatic rings. The van der Waals surface area contributed by atoms with Crippen molar-refractivity contribution in [2.24, 2.45) is 0 Å². The zero-order valence-electron chi connectivity index (χ0n) is 7.46. The molecular weight excluding hydrogens is 246 g/mol. The van der Waals surface area contributed by atoms with Gasteiger partial charge in [0.2, 0.25) is 5.91 Å². The van der Waals surface area contributed by atoms with Crippen molar-refractivity contribution in [3.63, 3.8) is 0 Å². The quantitative estimate of drug-likeness (QED) is 0.834. The zero-order valence-corrected chi connectivity index (χ0v) is 9.04. The molecule has 4 nitrogen and oxygen atoms in total. The summed E-state index contributed by atoms with van der Waals surface area (Å²) >= 11 is 3.31. The van der Waals surface area contributed by atoms with Gasteiger partial charge in [-0.25, -0.2) is 4.98 Å². The molecule has 0 saturated carbocycles. The Morgan fingerprint density at radius 1 is 1.71 bits per heavy atom. The predicted molar refractivity (Wildman–Crippen MR) is 57.0 cm³/mol. The maximum atomic E-state index is 11.5. The van der Waals surface area contributed by atoms with E-state index in [9.17, 15) is 4.79 Å². The number of halogens is 1. The Hall–Kier alpha value is -0.940. The fraction of sp³-hybridized carbons (Fsp3) is 0.333. The summed E-state index contributed by atoms with van der Waals surface area (Å²) in [6, 6.07) is 3.55. The smallest absolute Gasteiger partial charge is 0.242 e. The van der Waals surface area contributed by atoms with Crippen molar-refractivity contribution >= 4 is 27.7 Å². The molecule has 1 unspecified atom stereocenters. The Kier molecular flexibility index (Phi) is 2.79. The highest BCUT2D eigenvalue weighted by Crippen LogP contribution is 2.13. The van der Waals surface area contributed by atoms with Crippen LogP contribution in [-0.2, 0) is 4.79 Å². The minimum absolute atomic E-state index is 0.0122. The van der Waals surface area contributed by atoms with Crippen LogP contribution >= 0.6 is 15.9 Å². The highest BCUT2D eigenvalue weighted by Gasteiger charge is 2.24. The van der Waals surface area contributed by atoms with Crippen molar-refractivity contribution < 1.29 is 4.79 Å². The number of nitrogens with zero attached hydrogens (tertiary/aromatic N) is 1. The molecule has 1 aliphatic heterocycles. The second kappa shape index (κ2) is 4.06. The Bertz CT molecular complexity index is 352. The lowest BCUT2D eigenvalue weighted by Crippen LogP contribution is -2.50. The highest BCUT2D eigenvalue weighted by molar-refractivity contribution is 9.10. The first-order chi connectivity index (χ1) is 6.75. The van der Waals surface area contributed by atoms with Gasteiger partial charge in [-0.05, 0) is 25.1 Å². The van der Waals surface area contributed by atoms with E-state index in [1.54, 1.807) is 12.3 Å². The van der Waals surface area contributed by atoms with Gasteiger partial charge < -0.3 is 10.6 Å². The molecule has 1 aromatic heterocycles. The fourth-order valence-corrected chi connectivity index (χ4v) is 1.53. The number of rotatable bonds is 2. The van der Waals surface area contributed by atoms with Crippen molar-refractivity contribution in [1.82, 2.24) is 10.3 Å². The summed E-state index contributed by atoms with van der Waals surface area (Å²) in [5, 5.41) is 5.77. The monoisotopic (exact) mass is 255 g/mol. The molecule has 1 amide bonds. The number of aromatic nitrogens is 1. The van der Waals surface area contributed by atoms with Gasteiger partial charge in [-0.1, -0.05) is 15.9 Å². The fourth-order valence-electron chi connectivity index (χ4n) is 1.20. The SMILES string of the molecule is O=C(Nc1cc(Br)ccn1)C1CCN1. The Balaban J connectivity index is 1.99. The largest absolute Gasteiger partial charge is 0.309 e. The molecule has 0 bridgehead atoms. The van der Waals surface area contributed by atoms with Gasteiger partial charge >= 0.3 is 0 Å². The number of carbonyl (C=O) groups is 1. The normalized spacial score (nSPS) is 19.9. The van der Waals surface area contributed by atoms with Gasteiger partial charge in [0.05, 0.1) is 6.04 Å². The van der Waals surface area contributed by atoms with Gasteiger partial charge in [0.1, 0.15) is 5.82 Å². The third-order valence-corrected chi connectivity index (χ3v) is 2.61. The first-order valence-electron chi connectivity index (χ1n) is 4.41. The molecule has 0 aromatic carbocycles. The lowest BCUT2D eigenvalue weighted by Gasteiger charge is -2.25. The van der Waals surface area contributed by atoms with Gasteiger partial charge in [-0.3, -0.25) is 4.79 Å². The molecule has 2 rings (SSSR count). The summed E-state index contributed by atoms with van der Waals surface area (Å²) in [7, 11) is 0. The standard InChI is InChI=1S/C9H10BrN3O/c10-6-1-3-12-8(5-6)13-9(14)7-2-4-11-7/h1,3,5,7,11H,2,4H2,(H,12,13,14). The van der Waals surface area contributed by atoms with E-state index in [0.29, 0.717) is 5.82 Å². The van der Waals surface area contributed by atoms with Crippen LogP contribution in [0.3, 0.4) is 0 Å². The molecule has 0 radical (unpaired) electrons. The molecule has 0 aliphatic carbocycles. The topological polar surface area (TPSA) is 54.0 Å². The van der Waals surface area contributed by atoms with Crippen molar-refractivity contribution in [1.29, 1.82) is 0 Å². The lowest BCUT2D eigenvalue weighted by atomic mass is 10.1. The van der Waals surface area contributed by atoms with E-state index in [1.165, 1.54) is 0 Å². The van der Waals surface area contributed by atoms with E-state index in [1.807, 2.05) is 6.07 Å². The number of hydrogen-bond acceptors (Lipinski definition) is 3. The van der Waals surface area contributed by atoms with Crippen LogP contribution in [0.2, 0.25) is 0 Å². The van der Waals surface area contributed by atoms with Crippen molar-refractivity contribution in [3.8, 4) is 0 Å². The lowest BCUT2D eigenvalue weighted by molar-refractivity contribution is -0.119. The van der Waals surface area contributed by atoms with E-state index in [2.05, 4.69) is 31.5 Å². The minimum Gasteiger partial charge on any atom is -0.309 e. The second-order valence-electron chi connectivity index (χ2n) is 3.14. The van der Waals surface area contributed by atoms with Gasteiger partial charge in [-0.15, -0.1) is 0 Å². The van der Waals surface area contributed by atoms with E-state index in [4.69, 9.17) is 0 Å². The molecule has 74 valence electrons. The van der Waals surface area contributed by atoms with E-state index in [0.717, 1.165) is 17.4 Å². The van der Waals surface area contributed by atoms with Gasteiger partial charge in [0.25, 0.3) is 0 Å². The number of nitrogens with one attached hydrogen (secondary N) is 2. The summed E-state index contributed by atoms with van der Waals surface area (Å²) < 4.78 is 0.907. The molecule has 14 heavy (non-hydrogen) atoms. The molecular formula is C9H10BrN3O. The Morgan fingerprint density at radius 3 is 3.07 bits per heavy atom. The maximum Gasteiger partial charge on any atom is 0.242 e. The molecule has 1 aliphatic rings. The highest BCUT2D eigenvalue weighted by atomic mass is 79.9. The molecule has 5 heteroatoms. The summed E-state index contributed by atoms with van der Waals surface area (Å²) in [6.45, 7) is 0.921. The van der Waals surface area contributed by atoms with Crippen molar-refractivity contribution in [2.75, 3.05) is 11.9 Å². The zero-order chi connectivity index (χ0) is 9.97. The minimum atomic E-state index is -0.0456. The maximum absolute atomic E-state index is 11.5. The second-order valence-corrected chi connectivity index (χ2v) is 4.06. The summed E-state index contributed by atoms with van der Waals surface area (Å²) in [5.41, 5.74) is 0. The molecule has 1 atom stereocenters. The molecule has 0 spiro atoms. The van der Waals surface area contributed by atoms with Crippen LogP contribution in [0.4, 0.5) is 5.82 Å². The first kappa shape index (κ1) is 9.61. The average Bonchev–Trinajstić information content (AvgIpc) is 1.99. The third-order valence-electron chi connectivity index (χ3n) is 2.11. The predicted octanol–water partition coefficient (Wildman–Crippen LogP) is 1.14. The number of amides is 1. The first-order valence-corrected chi connectivity index (χ1v) is 5.21. The summed E-state index contributed by atoms with van der Waals surface area (Å²) in [6.07, 6.45) is 2.55. The van der Waals surface area contributed by atoms with Crippen LogP contribution < -0.4 is 10.6 Å². The van der Waals surface area contributed by atoms with Crippen LogP contribution in [0.1, 0.15) is 6.42 Å². The van der Waals surface area contributed by atoms with Crippen molar-refractivity contribution in [2.45, 2.75) is 12.5 Å². The van der Waals surface area contributed by atoms with Gasteiger partial charge in [-0.2, -0.15) is 0 Å². The molecule has 2 N–H and O–H groups in total. The van der Waals surface area contributed by atoms with Gasteiger partial charge in [0, 0.05) is 10.7 Å². The van der Waals surface area contributed by atoms with Crippen LogP contribution in [0.25, 0.3) is 0 Å². The third kappa shape index (κ3) is 2.10. The molecule has 1 saturated heterocycles. The van der Waals surface area contributed by atoms with Gasteiger partial charge in [0.15, 0.2) is 0 Å². The van der Waals surface area contributed by atoms with Crippen LogP contribution in [-0.4, -0.2) is 23.5 Å². The van der Waals surface area contributed by atoms with Crippen LogP contribution in [0.15, 0.2) is 22.8 Å². The average molecular weight is 256 g/mol. The molecule has 2 heterocycles. The summed E-state index contributed by atoms with van der Waals surface area (Å²) in [4.78, 5) is 15.5.